The predicted molar refractivity (Wildman–Crippen MR) is 37.6 cm³/mol. The average Bonchev–Trinajstić information content (AvgIpc) is 2.27. The molecule has 1 heterocycles. The number of aliphatic hydroxyl groups excluding tert-OH is 1. The maximum atomic E-state index is 9.23. The van der Waals surface area contributed by atoms with Gasteiger partial charge in [-0.15, -0.1) is 0 Å². The van der Waals surface area contributed by atoms with Gasteiger partial charge in [-0.2, -0.15) is 0 Å². The predicted octanol–water partition coefficient (Wildman–Crippen LogP) is 0.714. The zero-order chi connectivity index (χ0) is 6.97. The van der Waals surface area contributed by atoms with E-state index in [-0.39, 0.29) is 6.10 Å². The molecule has 2 aliphatic rings. The summed E-state index contributed by atoms with van der Waals surface area (Å²) >= 11 is 0. The maximum absolute atomic E-state index is 9.23. The summed E-state index contributed by atoms with van der Waals surface area (Å²) in [4.78, 5) is 0. The minimum Gasteiger partial charge on any atom is -0.389 e. The summed E-state index contributed by atoms with van der Waals surface area (Å²) in [6.07, 6.45) is 3.78. The molecule has 1 aliphatic carbocycles. The third kappa shape index (κ3) is 0.976. The highest BCUT2D eigenvalue weighted by Gasteiger charge is 2.27. The smallest absolute Gasteiger partial charge is 0.0730 e. The topological polar surface area (TPSA) is 29.5 Å². The van der Waals surface area contributed by atoms with Crippen LogP contribution in [0, 0.1) is 5.92 Å². The molecule has 1 saturated heterocycles. The van der Waals surface area contributed by atoms with E-state index in [1.807, 2.05) is 6.08 Å². The highest BCUT2D eigenvalue weighted by atomic mass is 16.5. The Morgan fingerprint density at radius 1 is 1.60 bits per heavy atom. The molecule has 0 aromatic rings. The molecule has 2 nitrogen and oxygen atoms in total. The van der Waals surface area contributed by atoms with Crippen molar-refractivity contribution in [3.05, 3.63) is 11.6 Å². The molecular weight excluding hydrogens is 128 g/mol. The van der Waals surface area contributed by atoms with Crippen LogP contribution < -0.4 is 0 Å². The van der Waals surface area contributed by atoms with E-state index >= 15 is 0 Å². The number of aliphatic hydroxyl groups is 1. The van der Waals surface area contributed by atoms with E-state index in [1.165, 1.54) is 5.57 Å². The molecule has 0 unspecified atom stereocenters. The number of hydrogen-bond acceptors (Lipinski definition) is 2. The van der Waals surface area contributed by atoms with E-state index in [4.69, 9.17) is 4.74 Å². The number of fused-ring (bicyclic) bond motifs is 1. The van der Waals surface area contributed by atoms with Crippen molar-refractivity contribution in [1.82, 2.24) is 0 Å². The fourth-order valence-corrected chi connectivity index (χ4v) is 1.78. The van der Waals surface area contributed by atoms with Crippen molar-refractivity contribution in [1.29, 1.82) is 0 Å². The van der Waals surface area contributed by atoms with Gasteiger partial charge in [0.15, 0.2) is 0 Å². The second kappa shape index (κ2) is 2.36. The summed E-state index contributed by atoms with van der Waals surface area (Å²) in [5.41, 5.74) is 1.32. The van der Waals surface area contributed by atoms with Gasteiger partial charge in [0.1, 0.15) is 0 Å². The summed E-state index contributed by atoms with van der Waals surface area (Å²) in [6, 6.07) is 0. The molecule has 1 aliphatic heterocycles. The van der Waals surface area contributed by atoms with E-state index in [2.05, 4.69) is 0 Å². The Bertz CT molecular complexity index is 163. The Morgan fingerprint density at radius 2 is 2.50 bits per heavy atom. The van der Waals surface area contributed by atoms with Gasteiger partial charge in [0, 0.05) is 6.61 Å². The second-order valence-corrected chi connectivity index (χ2v) is 3.08. The van der Waals surface area contributed by atoms with E-state index in [9.17, 15) is 5.11 Å². The molecule has 0 amide bonds. The molecule has 0 radical (unpaired) electrons. The van der Waals surface area contributed by atoms with Crippen molar-refractivity contribution in [2.75, 3.05) is 13.2 Å². The first kappa shape index (κ1) is 6.38. The van der Waals surface area contributed by atoms with Crippen LogP contribution in [-0.4, -0.2) is 24.4 Å². The van der Waals surface area contributed by atoms with Gasteiger partial charge in [0.2, 0.25) is 0 Å². The highest BCUT2D eigenvalue weighted by molar-refractivity contribution is 5.18. The van der Waals surface area contributed by atoms with Crippen LogP contribution in [-0.2, 0) is 4.74 Å². The zero-order valence-electron chi connectivity index (χ0n) is 5.92. The van der Waals surface area contributed by atoms with Crippen molar-refractivity contribution in [3.8, 4) is 0 Å². The Labute approximate surface area is 60.5 Å². The summed E-state index contributed by atoms with van der Waals surface area (Å²) < 4.78 is 5.25. The van der Waals surface area contributed by atoms with Gasteiger partial charge in [-0.1, -0.05) is 6.08 Å². The van der Waals surface area contributed by atoms with E-state index in [0.29, 0.717) is 5.92 Å². The first-order valence-corrected chi connectivity index (χ1v) is 3.82. The molecule has 2 rings (SSSR count). The SMILES string of the molecule is O[C@H]1C=C2COCC[C@H]2C1. The van der Waals surface area contributed by atoms with E-state index in [1.54, 1.807) is 0 Å². The van der Waals surface area contributed by atoms with Crippen LogP contribution in [0.1, 0.15) is 12.8 Å². The van der Waals surface area contributed by atoms with Gasteiger partial charge < -0.3 is 9.84 Å². The fraction of sp³-hybridized carbons (Fsp3) is 0.750. The average molecular weight is 140 g/mol. The maximum Gasteiger partial charge on any atom is 0.0730 e. The Morgan fingerprint density at radius 3 is 3.30 bits per heavy atom. The molecule has 1 N–H and O–H groups in total. The molecule has 2 heteroatoms. The molecule has 2 atom stereocenters. The largest absolute Gasteiger partial charge is 0.389 e. The first-order valence-electron chi connectivity index (χ1n) is 3.82. The van der Waals surface area contributed by atoms with Gasteiger partial charge in [-0.05, 0) is 24.3 Å². The quantitative estimate of drug-likeness (QED) is 0.502. The normalized spacial score (nSPS) is 39.1. The van der Waals surface area contributed by atoms with Crippen LogP contribution in [0.4, 0.5) is 0 Å². The van der Waals surface area contributed by atoms with Gasteiger partial charge in [-0.25, -0.2) is 0 Å². The highest BCUT2D eigenvalue weighted by Crippen LogP contribution is 2.31. The van der Waals surface area contributed by atoms with E-state index in [0.717, 1.165) is 26.1 Å². The lowest BCUT2D eigenvalue weighted by molar-refractivity contribution is 0.104. The van der Waals surface area contributed by atoms with Crippen LogP contribution >= 0.6 is 0 Å². The molecular formula is C8H12O2. The standard InChI is InChI=1S/C8H12O2/c9-8-3-6-1-2-10-5-7(6)4-8/h4,6,8-9H,1-3,5H2/t6-,8+/m0/s1. The Balaban J connectivity index is 2.10. The summed E-state index contributed by atoms with van der Waals surface area (Å²) in [5, 5.41) is 9.23. The second-order valence-electron chi connectivity index (χ2n) is 3.08. The molecule has 0 aromatic heterocycles. The van der Waals surface area contributed by atoms with Crippen LogP contribution in [0.15, 0.2) is 11.6 Å². The molecule has 10 heavy (non-hydrogen) atoms. The third-order valence-electron chi connectivity index (χ3n) is 2.34. The molecule has 0 aromatic carbocycles. The van der Waals surface area contributed by atoms with Crippen LogP contribution in [0.5, 0.6) is 0 Å². The van der Waals surface area contributed by atoms with Crippen LogP contribution in [0.3, 0.4) is 0 Å². The lowest BCUT2D eigenvalue weighted by Crippen LogP contribution is -2.16. The number of ether oxygens (including phenoxy) is 1. The van der Waals surface area contributed by atoms with Gasteiger partial charge in [0.25, 0.3) is 0 Å². The minimum absolute atomic E-state index is 0.193. The van der Waals surface area contributed by atoms with Crippen molar-refractivity contribution in [2.45, 2.75) is 18.9 Å². The van der Waals surface area contributed by atoms with Gasteiger partial charge in [-0.3, -0.25) is 0 Å². The van der Waals surface area contributed by atoms with Crippen molar-refractivity contribution in [2.24, 2.45) is 5.92 Å². The fourth-order valence-electron chi connectivity index (χ4n) is 1.78. The van der Waals surface area contributed by atoms with Crippen LogP contribution in [0.25, 0.3) is 0 Å². The molecule has 1 fully saturated rings. The molecule has 0 spiro atoms. The molecule has 56 valence electrons. The summed E-state index contributed by atoms with van der Waals surface area (Å²) in [7, 11) is 0. The Kier molecular flexibility index (Phi) is 1.51. The number of hydrogen-bond donors (Lipinski definition) is 1. The van der Waals surface area contributed by atoms with Gasteiger partial charge in [0.05, 0.1) is 12.7 Å². The monoisotopic (exact) mass is 140 g/mol. The van der Waals surface area contributed by atoms with Crippen molar-refractivity contribution >= 4 is 0 Å². The minimum atomic E-state index is -0.193. The van der Waals surface area contributed by atoms with Crippen molar-refractivity contribution in [3.63, 3.8) is 0 Å². The third-order valence-corrected chi connectivity index (χ3v) is 2.34. The Hall–Kier alpha value is -0.340. The summed E-state index contributed by atoms with van der Waals surface area (Å²) in [6.45, 7) is 1.62. The summed E-state index contributed by atoms with van der Waals surface area (Å²) in [5.74, 6) is 0.628. The lowest BCUT2D eigenvalue weighted by Gasteiger charge is -2.20. The zero-order valence-corrected chi connectivity index (χ0v) is 5.92. The van der Waals surface area contributed by atoms with E-state index < -0.39 is 0 Å². The van der Waals surface area contributed by atoms with Crippen LogP contribution in [0.2, 0.25) is 0 Å². The first-order chi connectivity index (χ1) is 4.86. The number of rotatable bonds is 0. The lowest BCUT2D eigenvalue weighted by atomic mass is 9.97. The van der Waals surface area contributed by atoms with Crippen molar-refractivity contribution < 1.29 is 9.84 Å². The molecule has 0 bridgehead atoms. The molecule has 0 saturated carbocycles. The van der Waals surface area contributed by atoms with Gasteiger partial charge >= 0.3 is 0 Å².